The Morgan fingerprint density at radius 3 is 2.26 bits per heavy atom. The van der Waals surface area contributed by atoms with Gasteiger partial charge in [-0.15, -0.1) is 0 Å². The molecule has 0 aliphatic carbocycles. The van der Waals surface area contributed by atoms with Crippen molar-refractivity contribution in [3.8, 4) is 0 Å². The summed E-state index contributed by atoms with van der Waals surface area (Å²) in [6.45, 7) is 0. The first-order valence-electron chi connectivity index (χ1n) is 6.41. The minimum Gasteiger partial charge on any atom is -0.359 e. The van der Waals surface area contributed by atoms with Crippen LogP contribution in [0, 0.1) is 5.82 Å². The number of alkyl halides is 3. The van der Waals surface area contributed by atoms with Gasteiger partial charge < -0.3 is 10.6 Å². The van der Waals surface area contributed by atoms with Crippen molar-refractivity contribution in [2.45, 2.75) is 9.96 Å². The summed E-state index contributed by atoms with van der Waals surface area (Å²) >= 11 is 20.9. The highest BCUT2D eigenvalue weighted by Gasteiger charge is 2.34. The zero-order valence-electron chi connectivity index (χ0n) is 11.5. The SMILES string of the molecule is O=C(NC(Nc1ccccc1F)C(Cl)(Cl)Cl)c1ccc(Br)cc1. The van der Waals surface area contributed by atoms with Crippen LogP contribution in [0.3, 0.4) is 0 Å². The van der Waals surface area contributed by atoms with Gasteiger partial charge in [0.25, 0.3) is 5.91 Å². The van der Waals surface area contributed by atoms with Gasteiger partial charge in [0.15, 0.2) is 0 Å². The summed E-state index contributed by atoms with van der Waals surface area (Å²) in [5.41, 5.74) is 0.489. The van der Waals surface area contributed by atoms with Crippen LogP contribution in [-0.4, -0.2) is 15.9 Å². The Labute approximate surface area is 156 Å². The van der Waals surface area contributed by atoms with Gasteiger partial charge in [-0.25, -0.2) is 4.39 Å². The smallest absolute Gasteiger partial charge is 0.252 e. The van der Waals surface area contributed by atoms with E-state index in [0.29, 0.717) is 5.56 Å². The van der Waals surface area contributed by atoms with Crippen LogP contribution in [0.4, 0.5) is 10.1 Å². The molecule has 0 radical (unpaired) electrons. The number of nitrogens with one attached hydrogen (secondary N) is 2. The van der Waals surface area contributed by atoms with Gasteiger partial charge in [0.2, 0.25) is 3.79 Å². The van der Waals surface area contributed by atoms with Crippen LogP contribution in [0.1, 0.15) is 10.4 Å². The second kappa shape index (κ2) is 7.71. The molecule has 23 heavy (non-hydrogen) atoms. The molecule has 122 valence electrons. The number of benzene rings is 2. The van der Waals surface area contributed by atoms with E-state index in [-0.39, 0.29) is 5.69 Å². The van der Waals surface area contributed by atoms with Crippen molar-refractivity contribution in [2.75, 3.05) is 5.32 Å². The summed E-state index contributed by atoms with van der Waals surface area (Å²) in [4.78, 5) is 12.3. The molecule has 1 unspecified atom stereocenters. The molecule has 2 aromatic rings. The Morgan fingerprint density at radius 1 is 1.09 bits per heavy atom. The van der Waals surface area contributed by atoms with Crippen molar-refractivity contribution in [3.63, 3.8) is 0 Å². The second-order valence-corrected chi connectivity index (χ2v) is 7.86. The van der Waals surface area contributed by atoms with Crippen LogP contribution in [0.2, 0.25) is 0 Å². The Bertz CT molecular complexity index is 692. The lowest BCUT2D eigenvalue weighted by Gasteiger charge is -2.27. The summed E-state index contributed by atoms with van der Waals surface area (Å²) < 4.78 is 12.7. The van der Waals surface area contributed by atoms with E-state index in [0.717, 1.165) is 4.47 Å². The van der Waals surface area contributed by atoms with Gasteiger partial charge in [-0.3, -0.25) is 4.79 Å². The summed E-state index contributed by atoms with van der Waals surface area (Å²) in [5.74, 6) is -0.984. The Morgan fingerprint density at radius 2 is 1.70 bits per heavy atom. The summed E-state index contributed by atoms with van der Waals surface area (Å²) in [6, 6.07) is 12.5. The number of carbonyl (C=O) groups is 1. The topological polar surface area (TPSA) is 41.1 Å². The maximum Gasteiger partial charge on any atom is 0.252 e. The molecular weight excluding hydrogens is 429 g/mol. The molecule has 2 rings (SSSR count). The monoisotopic (exact) mass is 438 g/mol. The van der Waals surface area contributed by atoms with Gasteiger partial charge in [0.05, 0.1) is 5.69 Å². The highest BCUT2D eigenvalue weighted by molar-refractivity contribution is 9.10. The molecule has 0 bridgehead atoms. The average Bonchev–Trinajstić information content (AvgIpc) is 2.48. The van der Waals surface area contributed by atoms with Crippen LogP contribution < -0.4 is 10.6 Å². The third-order valence-electron chi connectivity index (χ3n) is 2.88. The first-order chi connectivity index (χ1) is 10.8. The van der Waals surface area contributed by atoms with Crippen LogP contribution in [0.25, 0.3) is 0 Å². The van der Waals surface area contributed by atoms with E-state index in [2.05, 4.69) is 26.6 Å². The van der Waals surface area contributed by atoms with Gasteiger partial charge in [-0.2, -0.15) is 0 Å². The van der Waals surface area contributed by atoms with Gasteiger partial charge in [0.1, 0.15) is 12.0 Å². The number of anilines is 1. The number of rotatable bonds is 4. The third-order valence-corrected chi connectivity index (χ3v) is 4.07. The molecule has 8 heteroatoms. The van der Waals surface area contributed by atoms with E-state index in [1.807, 2.05) is 0 Å². The summed E-state index contributed by atoms with van der Waals surface area (Å²) in [6.07, 6.45) is -1.12. The quantitative estimate of drug-likeness (QED) is 0.511. The lowest BCUT2D eigenvalue weighted by atomic mass is 10.2. The molecule has 0 aliphatic heterocycles. The summed E-state index contributed by atoms with van der Waals surface area (Å²) in [5, 5.41) is 5.23. The van der Waals surface area contributed by atoms with Gasteiger partial charge in [-0.05, 0) is 36.4 Å². The predicted molar refractivity (Wildman–Crippen MR) is 95.7 cm³/mol. The minimum atomic E-state index is -1.88. The molecule has 3 nitrogen and oxygen atoms in total. The summed E-state index contributed by atoms with van der Waals surface area (Å²) in [7, 11) is 0. The lowest BCUT2D eigenvalue weighted by Crippen LogP contribution is -2.49. The molecule has 0 saturated heterocycles. The van der Waals surface area contributed by atoms with Crippen LogP contribution in [0.15, 0.2) is 53.0 Å². The fraction of sp³-hybridized carbons (Fsp3) is 0.133. The maximum absolute atomic E-state index is 13.7. The van der Waals surface area contributed by atoms with Crippen LogP contribution in [-0.2, 0) is 0 Å². The van der Waals surface area contributed by atoms with E-state index in [4.69, 9.17) is 34.8 Å². The molecule has 1 amide bonds. The van der Waals surface area contributed by atoms with E-state index >= 15 is 0 Å². The maximum atomic E-state index is 13.7. The van der Waals surface area contributed by atoms with E-state index in [1.54, 1.807) is 30.3 Å². The normalized spacial score (nSPS) is 12.6. The highest BCUT2D eigenvalue weighted by Crippen LogP contribution is 2.31. The number of para-hydroxylation sites is 1. The molecule has 2 aromatic carbocycles. The van der Waals surface area contributed by atoms with Crippen LogP contribution >= 0.6 is 50.7 Å². The molecular formula is C15H11BrCl3FN2O. The van der Waals surface area contributed by atoms with Crippen molar-refractivity contribution >= 4 is 62.3 Å². The third kappa shape index (κ3) is 5.24. The van der Waals surface area contributed by atoms with Crippen molar-refractivity contribution in [1.82, 2.24) is 5.32 Å². The Kier molecular flexibility index (Phi) is 6.14. The predicted octanol–water partition coefficient (Wildman–Crippen LogP) is 5.13. The second-order valence-electron chi connectivity index (χ2n) is 4.58. The first kappa shape index (κ1) is 18.3. The number of carbonyl (C=O) groups excluding carboxylic acids is 1. The van der Waals surface area contributed by atoms with E-state index in [1.165, 1.54) is 18.2 Å². The van der Waals surface area contributed by atoms with Gasteiger partial charge >= 0.3 is 0 Å². The number of hydrogen-bond donors (Lipinski definition) is 2. The van der Waals surface area contributed by atoms with Crippen molar-refractivity contribution in [2.24, 2.45) is 0 Å². The molecule has 0 aliphatic rings. The van der Waals surface area contributed by atoms with Crippen molar-refractivity contribution in [1.29, 1.82) is 0 Å². The molecule has 0 spiro atoms. The standard InChI is InChI=1S/C15H11BrCl3FN2O/c16-10-7-5-9(6-8-10)13(23)22-14(15(17,18)19)21-12-4-2-1-3-11(12)20/h1-8,14,21H,(H,22,23). The molecule has 1 atom stereocenters. The van der Waals surface area contributed by atoms with Crippen molar-refractivity contribution in [3.05, 3.63) is 64.4 Å². The molecule has 0 fully saturated rings. The number of halogens is 5. The lowest BCUT2D eigenvalue weighted by molar-refractivity contribution is 0.0941. The minimum absolute atomic E-state index is 0.111. The first-order valence-corrected chi connectivity index (χ1v) is 8.34. The van der Waals surface area contributed by atoms with Crippen molar-refractivity contribution < 1.29 is 9.18 Å². The van der Waals surface area contributed by atoms with E-state index in [9.17, 15) is 9.18 Å². The molecule has 0 heterocycles. The molecule has 0 saturated carbocycles. The largest absolute Gasteiger partial charge is 0.359 e. The highest BCUT2D eigenvalue weighted by atomic mass is 79.9. The number of amides is 1. The Balaban J connectivity index is 2.18. The van der Waals surface area contributed by atoms with Gasteiger partial charge in [0, 0.05) is 10.0 Å². The molecule has 0 aromatic heterocycles. The zero-order chi connectivity index (χ0) is 17.0. The van der Waals surface area contributed by atoms with Crippen LogP contribution in [0.5, 0.6) is 0 Å². The zero-order valence-corrected chi connectivity index (χ0v) is 15.3. The fourth-order valence-electron chi connectivity index (χ4n) is 1.75. The van der Waals surface area contributed by atoms with Gasteiger partial charge in [-0.1, -0.05) is 62.9 Å². The van der Waals surface area contributed by atoms with E-state index < -0.39 is 21.7 Å². The Hall–Kier alpha value is -1.01. The fourth-order valence-corrected chi connectivity index (χ4v) is 2.34. The molecule has 2 N–H and O–H groups in total. The average molecular weight is 441 g/mol. The number of hydrogen-bond acceptors (Lipinski definition) is 2.